The molecule has 1 aromatic carbocycles. The molecule has 2 unspecified atom stereocenters. The summed E-state index contributed by atoms with van der Waals surface area (Å²) in [5.41, 5.74) is 0.508. The van der Waals surface area contributed by atoms with Crippen molar-refractivity contribution in [3.05, 3.63) is 29.6 Å². The standard InChI is InChI=1S/C16H25FN2O2/c1-18-7-8-19(2)13(11-18)10-14(20)9-12-5-4-6-15(21-3)16(12)17/h4-6,13-14,20H,7-11H2,1-3H3. The summed E-state index contributed by atoms with van der Waals surface area (Å²) in [5, 5.41) is 10.3. The fourth-order valence-corrected chi connectivity index (χ4v) is 2.88. The van der Waals surface area contributed by atoms with Gasteiger partial charge in [0.1, 0.15) is 0 Å². The minimum Gasteiger partial charge on any atom is -0.494 e. The summed E-state index contributed by atoms with van der Waals surface area (Å²) in [6.07, 6.45) is 0.416. The van der Waals surface area contributed by atoms with Crippen molar-refractivity contribution >= 4 is 0 Å². The first-order valence-corrected chi connectivity index (χ1v) is 7.39. The second kappa shape index (κ2) is 7.20. The third-order valence-electron chi connectivity index (χ3n) is 4.24. The molecule has 0 saturated carbocycles. The van der Waals surface area contributed by atoms with Crippen LogP contribution in [-0.4, -0.2) is 67.9 Å². The fourth-order valence-electron chi connectivity index (χ4n) is 2.88. The SMILES string of the molecule is COc1cccc(CC(O)CC2CN(C)CCN2C)c1F. The first-order valence-electron chi connectivity index (χ1n) is 7.39. The monoisotopic (exact) mass is 296 g/mol. The Morgan fingerprint density at radius 2 is 2.14 bits per heavy atom. The molecule has 0 radical (unpaired) electrons. The van der Waals surface area contributed by atoms with Crippen molar-refractivity contribution in [1.82, 2.24) is 9.80 Å². The maximum atomic E-state index is 14.1. The van der Waals surface area contributed by atoms with Crippen molar-refractivity contribution in [2.75, 3.05) is 40.8 Å². The highest BCUT2D eigenvalue weighted by Crippen LogP contribution is 2.22. The van der Waals surface area contributed by atoms with E-state index in [-0.39, 0.29) is 11.6 Å². The number of nitrogens with zero attached hydrogens (tertiary/aromatic N) is 2. The van der Waals surface area contributed by atoms with E-state index in [1.165, 1.54) is 7.11 Å². The highest BCUT2D eigenvalue weighted by molar-refractivity contribution is 5.31. The second-order valence-corrected chi connectivity index (χ2v) is 5.92. The number of piperazine rings is 1. The van der Waals surface area contributed by atoms with Gasteiger partial charge in [0.2, 0.25) is 0 Å². The number of aliphatic hydroxyl groups is 1. The van der Waals surface area contributed by atoms with Gasteiger partial charge in [-0.3, -0.25) is 0 Å². The van der Waals surface area contributed by atoms with Crippen LogP contribution in [0.25, 0.3) is 0 Å². The maximum Gasteiger partial charge on any atom is 0.168 e. The maximum absolute atomic E-state index is 14.1. The number of halogens is 1. The van der Waals surface area contributed by atoms with Crippen LogP contribution in [0, 0.1) is 5.82 Å². The van der Waals surface area contributed by atoms with Crippen LogP contribution in [0.4, 0.5) is 4.39 Å². The van der Waals surface area contributed by atoms with Crippen LogP contribution in [0.15, 0.2) is 18.2 Å². The molecule has 1 heterocycles. The number of methoxy groups -OCH3 is 1. The van der Waals surface area contributed by atoms with Gasteiger partial charge in [0.15, 0.2) is 11.6 Å². The summed E-state index contributed by atoms with van der Waals surface area (Å²) in [7, 11) is 5.62. The van der Waals surface area contributed by atoms with E-state index in [0.29, 0.717) is 24.4 Å². The zero-order valence-electron chi connectivity index (χ0n) is 13.1. The van der Waals surface area contributed by atoms with Gasteiger partial charge >= 0.3 is 0 Å². The van der Waals surface area contributed by atoms with Crippen LogP contribution in [0.2, 0.25) is 0 Å². The molecule has 21 heavy (non-hydrogen) atoms. The zero-order chi connectivity index (χ0) is 15.4. The predicted molar refractivity (Wildman–Crippen MR) is 81.2 cm³/mol. The molecule has 1 aliphatic heterocycles. The van der Waals surface area contributed by atoms with E-state index in [2.05, 4.69) is 23.9 Å². The molecule has 118 valence electrons. The summed E-state index contributed by atoms with van der Waals surface area (Å²) < 4.78 is 19.1. The van der Waals surface area contributed by atoms with Crippen LogP contribution < -0.4 is 4.74 Å². The molecular weight excluding hydrogens is 271 g/mol. The predicted octanol–water partition coefficient (Wildman–Crippen LogP) is 1.37. The van der Waals surface area contributed by atoms with Crippen molar-refractivity contribution < 1.29 is 14.2 Å². The first kappa shape index (κ1) is 16.2. The molecule has 0 spiro atoms. The normalized spacial score (nSPS) is 22.2. The Labute approximate surface area is 126 Å². The Kier molecular flexibility index (Phi) is 5.56. The summed E-state index contributed by atoms with van der Waals surface area (Å²) in [6, 6.07) is 5.37. The van der Waals surface area contributed by atoms with Crippen LogP contribution in [0.5, 0.6) is 5.75 Å². The van der Waals surface area contributed by atoms with Gasteiger partial charge in [-0.25, -0.2) is 4.39 Å². The molecule has 4 nitrogen and oxygen atoms in total. The van der Waals surface area contributed by atoms with Crippen molar-refractivity contribution in [2.24, 2.45) is 0 Å². The molecule has 1 N–H and O–H groups in total. The Balaban J connectivity index is 1.96. The molecule has 1 aromatic rings. The lowest BCUT2D eigenvalue weighted by Crippen LogP contribution is -2.51. The molecule has 5 heteroatoms. The quantitative estimate of drug-likeness (QED) is 0.890. The summed E-state index contributed by atoms with van der Waals surface area (Å²) >= 11 is 0. The third kappa shape index (κ3) is 4.15. The molecule has 1 saturated heterocycles. The van der Waals surface area contributed by atoms with Gasteiger partial charge in [-0.1, -0.05) is 12.1 Å². The topological polar surface area (TPSA) is 35.9 Å². The van der Waals surface area contributed by atoms with E-state index in [1.54, 1.807) is 18.2 Å². The van der Waals surface area contributed by atoms with E-state index >= 15 is 0 Å². The second-order valence-electron chi connectivity index (χ2n) is 5.92. The molecule has 0 amide bonds. The van der Waals surface area contributed by atoms with Crippen LogP contribution in [-0.2, 0) is 6.42 Å². The van der Waals surface area contributed by atoms with Gasteiger partial charge < -0.3 is 19.6 Å². The summed E-state index contributed by atoms with van der Waals surface area (Å²) in [6.45, 7) is 2.99. The van der Waals surface area contributed by atoms with Gasteiger partial charge in [0.25, 0.3) is 0 Å². The van der Waals surface area contributed by atoms with Crippen molar-refractivity contribution in [2.45, 2.75) is 25.0 Å². The van der Waals surface area contributed by atoms with Gasteiger partial charge in [0.05, 0.1) is 13.2 Å². The first-order chi connectivity index (χ1) is 10.0. The summed E-state index contributed by atoms with van der Waals surface area (Å²) in [4.78, 5) is 4.54. The molecule has 1 fully saturated rings. The lowest BCUT2D eigenvalue weighted by molar-refractivity contribution is 0.0635. The van der Waals surface area contributed by atoms with E-state index in [9.17, 15) is 9.50 Å². The van der Waals surface area contributed by atoms with E-state index < -0.39 is 6.10 Å². The fraction of sp³-hybridized carbons (Fsp3) is 0.625. The highest BCUT2D eigenvalue weighted by Gasteiger charge is 2.25. The number of aliphatic hydroxyl groups excluding tert-OH is 1. The Morgan fingerprint density at radius 1 is 1.38 bits per heavy atom. The lowest BCUT2D eigenvalue weighted by Gasteiger charge is -2.38. The van der Waals surface area contributed by atoms with Gasteiger partial charge in [-0.05, 0) is 32.1 Å². The molecular formula is C16H25FN2O2. The highest BCUT2D eigenvalue weighted by atomic mass is 19.1. The summed E-state index contributed by atoms with van der Waals surface area (Å²) in [5.74, 6) is -0.137. The Bertz CT molecular complexity index is 470. The number of ether oxygens (including phenoxy) is 1. The van der Waals surface area contributed by atoms with Gasteiger partial charge in [-0.2, -0.15) is 0 Å². The number of rotatable bonds is 5. The lowest BCUT2D eigenvalue weighted by atomic mass is 9.99. The third-order valence-corrected chi connectivity index (χ3v) is 4.24. The number of benzene rings is 1. The number of likely N-dealkylation sites (N-methyl/N-ethyl adjacent to an activating group) is 2. The number of hydrogen-bond donors (Lipinski definition) is 1. The minimum atomic E-state index is -0.550. The van der Waals surface area contributed by atoms with E-state index in [4.69, 9.17) is 4.74 Å². The van der Waals surface area contributed by atoms with Crippen LogP contribution >= 0.6 is 0 Å². The smallest absolute Gasteiger partial charge is 0.168 e. The van der Waals surface area contributed by atoms with Crippen molar-refractivity contribution in [1.29, 1.82) is 0 Å². The van der Waals surface area contributed by atoms with Gasteiger partial charge in [-0.15, -0.1) is 0 Å². The molecule has 0 aromatic heterocycles. The Morgan fingerprint density at radius 3 is 2.86 bits per heavy atom. The van der Waals surface area contributed by atoms with E-state index in [0.717, 1.165) is 19.6 Å². The zero-order valence-corrected chi connectivity index (χ0v) is 13.1. The Hall–Kier alpha value is -1.17. The van der Waals surface area contributed by atoms with Gasteiger partial charge in [0, 0.05) is 32.1 Å². The molecule has 2 atom stereocenters. The molecule has 0 aliphatic carbocycles. The van der Waals surface area contributed by atoms with Crippen molar-refractivity contribution in [3.63, 3.8) is 0 Å². The molecule has 1 aliphatic rings. The largest absolute Gasteiger partial charge is 0.494 e. The van der Waals surface area contributed by atoms with Crippen LogP contribution in [0.1, 0.15) is 12.0 Å². The number of hydrogen-bond acceptors (Lipinski definition) is 4. The average Bonchev–Trinajstić information content (AvgIpc) is 2.45. The molecule has 0 bridgehead atoms. The van der Waals surface area contributed by atoms with Crippen LogP contribution in [0.3, 0.4) is 0 Å². The van der Waals surface area contributed by atoms with E-state index in [1.807, 2.05) is 0 Å². The minimum absolute atomic E-state index is 0.231. The van der Waals surface area contributed by atoms with Crippen molar-refractivity contribution in [3.8, 4) is 5.75 Å². The average molecular weight is 296 g/mol. The molecule has 2 rings (SSSR count).